The Hall–Kier alpha value is -1.40. The van der Waals surface area contributed by atoms with Crippen LogP contribution in [0, 0.1) is 0 Å². The minimum Gasteiger partial charge on any atom is -0.378 e. The average molecular weight is 238 g/mol. The van der Waals surface area contributed by atoms with Gasteiger partial charge >= 0.3 is 0 Å². The average Bonchev–Trinajstić information content (AvgIpc) is 2.38. The molecule has 0 aliphatic carbocycles. The van der Waals surface area contributed by atoms with Crippen molar-refractivity contribution < 1.29 is 4.74 Å². The summed E-state index contributed by atoms with van der Waals surface area (Å²) in [5.41, 5.74) is 0.836. The number of nitrogens with zero attached hydrogens (tertiary/aromatic N) is 3. The van der Waals surface area contributed by atoms with Crippen molar-refractivity contribution in [2.75, 3.05) is 44.8 Å². The second kappa shape index (κ2) is 5.79. The van der Waals surface area contributed by atoms with Gasteiger partial charge in [0, 0.05) is 25.7 Å². The summed E-state index contributed by atoms with van der Waals surface area (Å²) in [5.74, 6) is 0. The zero-order valence-corrected chi connectivity index (χ0v) is 10.1. The van der Waals surface area contributed by atoms with Gasteiger partial charge in [-0.25, -0.2) is 4.68 Å². The topological polar surface area (TPSA) is 59.4 Å². The molecule has 0 radical (unpaired) electrons. The Kier molecular flexibility index (Phi) is 4.11. The standard InChI is InChI=1S/C11H18N4O2/c1-12-2-3-15-11(16)8-10(9-13-15)14-4-6-17-7-5-14/h8-9,12H,2-7H2,1H3. The van der Waals surface area contributed by atoms with Crippen LogP contribution in [-0.4, -0.2) is 49.7 Å². The number of ether oxygens (including phenoxy) is 1. The lowest BCUT2D eigenvalue weighted by atomic mass is 10.3. The first-order valence-corrected chi connectivity index (χ1v) is 5.86. The Labute approximate surface area is 100 Å². The summed E-state index contributed by atoms with van der Waals surface area (Å²) < 4.78 is 6.75. The van der Waals surface area contributed by atoms with Crippen molar-refractivity contribution in [1.29, 1.82) is 0 Å². The molecule has 0 amide bonds. The van der Waals surface area contributed by atoms with E-state index in [0.717, 1.165) is 25.3 Å². The Bertz CT molecular complexity index is 412. The molecule has 1 saturated heterocycles. The summed E-state index contributed by atoms with van der Waals surface area (Å²) in [4.78, 5) is 13.9. The molecular formula is C11H18N4O2. The van der Waals surface area contributed by atoms with Gasteiger partial charge in [0.15, 0.2) is 0 Å². The zero-order valence-electron chi connectivity index (χ0n) is 10.1. The van der Waals surface area contributed by atoms with Gasteiger partial charge in [0.25, 0.3) is 5.56 Å². The molecule has 0 unspecified atom stereocenters. The molecule has 6 nitrogen and oxygen atoms in total. The molecule has 1 aromatic rings. The second-order valence-corrected chi connectivity index (χ2v) is 3.98. The van der Waals surface area contributed by atoms with Crippen molar-refractivity contribution in [3.05, 3.63) is 22.6 Å². The molecule has 0 atom stereocenters. The number of aromatic nitrogens is 2. The van der Waals surface area contributed by atoms with E-state index in [1.165, 1.54) is 4.68 Å². The van der Waals surface area contributed by atoms with Crippen LogP contribution >= 0.6 is 0 Å². The number of hydrogen-bond donors (Lipinski definition) is 1. The van der Waals surface area contributed by atoms with Crippen molar-refractivity contribution >= 4 is 5.69 Å². The highest BCUT2D eigenvalue weighted by Gasteiger charge is 2.12. The summed E-state index contributed by atoms with van der Waals surface area (Å²) in [7, 11) is 1.85. The highest BCUT2D eigenvalue weighted by atomic mass is 16.5. The lowest BCUT2D eigenvalue weighted by molar-refractivity contribution is 0.122. The minimum absolute atomic E-state index is 0.0516. The van der Waals surface area contributed by atoms with Gasteiger partial charge < -0.3 is 15.0 Å². The van der Waals surface area contributed by atoms with Gasteiger partial charge in [0.05, 0.1) is 31.6 Å². The monoisotopic (exact) mass is 238 g/mol. The molecule has 1 fully saturated rings. The van der Waals surface area contributed by atoms with E-state index in [4.69, 9.17) is 4.74 Å². The van der Waals surface area contributed by atoms with Crippen LogP contribution in [0.25, 0.3) is 0 Å². The Morgan fingerprint density at radius 2 is 2.24 bits per heavy atom. The number of anilines is 1. The lowest BCUT2D eigenvalue weighted by Crippen LogP contribution is -2.37. The third-order valence-electron chi connectivity index (χ3n) is 2.80. The fourth-order valence-electron chi connectivity index (χ4n) is 1.80. The van der Waals surface area contributed by atoms with Crippen LogP contribution in [0.3, 0.4) is 0 Å². The first-order chi connectivity index (χ1) is 8.31. The molecule has 1 aromatic heterocycles. The summed E-state index contributed by atoms with van der Waals surface area (Å²) >= 11 is 0. The SMILES string of the molecule is CNCCn1ncc(N2CCOCC2)cc1=O. The summed E-state index contributed by atoms with van der Waals surface area (Å²) in [6.45, 7) is 4.40. The Morgan fingerprint density at radius 3 is 2.88 bits per heavy atom. The fourth-order valence-corrected chi connectivity index (χ4v) is 1.80. The molecular weight excluding hydrogens is 220 g/mol. The molecule has 94 valence electrons. The molecule has 17 heavy (non-hydrogen) atoms. The molecule has 2 rings (SSSR count). The van der Waals surface area contributed by atoms with Crippen LogP contribution in [0.1, 0.15) is 0 Å². The number of rotatable bonds is 4. The Morgan fingerprint density at radius 1 is 1.47 bits per heavy atom. The zero-order chi connectivity index (χ0) is 12.1. The quantitative estimate of drug-likeness (QED) is 0.751. The normalized spacial score (nSPS) is 16.2. The first kappa shape index (κ1) is 12.1. The number of likely N-dealkylation sites (N-methyl/N-ethyl adjacent to an activating group) is 1. The van der Waals surface area contributed by atoms with Crippen molar-refractivity contribution in [1.82, 2.24) is 15.1 Å². The van der Waals surface area contributed by atoms with Gasteiger partial charge in [0.1, 0.15) is 0 Å². The highest BCUT2D eigenvalue weighted by Crippen LogP contribution is 2.11. The molecule has 1 aliphatic rings. The van der Waals surface area contributed by atoms with Gasteiger partial charge in [0.2, 0.25) is 0 Å². The van der Waals surface area contributed by atoms with E-state index in [1.54, 1.807) is 12.3 Å². The van der Waals surface area contributed by atoms with Crippen molar-refractivity contribution in [3.8, 4) is 0 Å². The predicted molar refractivity (Wildman–Crippen MR) is 65.5 cm³/mol. The molecule has 2 heterocycles. The van der Waals surface area contributed by atoms with Gasteiger partial charge in [-0.05, 0) is 7.05 Å². The number of morpholine rings is 1. The molecule has 6 heteroatoms. The fraction of sp³-hybridized carbons (Fsp3) is 0.636. The van der Waals surface area contributed by atoms with E-state index in [-0.39, 0.29) is 5.56 Å². The summed E-state index contributed by atoms with van der Waals surface area (Å²) in [5, 5.41) is 7.17. The lowest BCUT2D eigenvalue weighted by Gasteiger charge is -2.28. The summed E-state index contributed by atoms with van der Waals surface area (Å²) in [6, 6.07) is 1.65. The van der Waals surface area contributed by atoms with Crippen LogP contribution in [0.2, 0.25) is 0 Å². The van der Waals surface area contributed by atoms with E-state index in [9.17, 15) is 4.79 Å². The first-order valence-electron chi connectivity index (χ1n) is 5.86. The van der Waals surface area contributed by atoms with Crippen LogP contribution in [0.5, 0.6) is 0 Å². The maximum Gasteiger partial charge on any atom is 0.268 e. The van der Waals surface area contributed by atoms with E-state index in [2.05, 4.69) is 15.3 Å². The van der Waals surface area contributed by atoms with Gasteiger partial charge in [-0.3, -0.25) is 4.79 Å². The van der Waals surface area contributed by atoms with Crippen LogP contribution < -0.4 is 15.8 Å². The van der Waals surface area contributed by atoms with Crippen molar-refractivity contribution in [2.45, 2.75) is 6.54 Å². The smallest absolute Gasteiger partial charge is 0.268 e. The minimum atomic E-state index is -0.0516. The van der Waals surface area contributed by atoms with Crippen LogP contribution in [0.4, 0.5) is 5.69 Å². The molecule has 0 spiro atoms. The third kappa shape index (κ3) is 3.04. The van der Waals surface area contributed by atoms with E-state index >= 15 is 0 Å². The Balaban J connectivity index is 2.09. The van der Waals surface area contributed by atoms with Crippen molar-refractivity contribution in [3.63, 3.8) is 0 Å². The van der Waals surface area contributed by atoms with E-state index in [0.29, 0.717) is 19.8 Å². The maximum absolute atomic E-state index is 11.8. The van der Waals surface area contributed by atoms with E-state index < -0.39 is 0 Å². The predicted octanol–water partition coefficient (Wildman–Crippen LogP) is -0.701. The van der Waals surface area contributed by atoms with Crippen molar-refractivity contribution in [2.24, 2.45) is 0 Å². The van der Waals surface area contributed by atoms with E-state index in [1.807, 2.05) is 7.05 Å². The molecule has 0 bridgehead atoms. The van der Waals surface area contributed by atoms with Crippen LogP contribution in [-0.2, 0) is 11.3 Å². The molecule has 1 N–H and O–H groups in total. The summed E-state index contributed by atoms with van der Waals surface area (Å²) in [6.07, 6.45) is 1.75. The maximum atomic E-state index is 11.8. The van der Waals surface area contributed by atoms with Gasteiger partial charge in [-0.1, -0.05) is 0 Å². The number of hydrogen-bond acceptors (Lipinski definition) is 5. The largest absolute Gasteiger partial charge is 0.378 e. The molecule has 0 aromatic carbocycles. The van der Waals surface area contributed by atoms with Gasteiger partial charge in [-0.2, -0.15) is 5.10 Å². The molecule has 1 aliphatic heterocycles. The third-order valence-corrected chi connectivity index (χ3v) is 2.80. The molecule has 0 saturated carbocycles. The highest BCUT2D eigenvalue weighted by molar-refractivity contribution is 5.43. The van der Waals surface area contributed by atoms with Gasteiger partial charge in [-0.15, -0.1) is 0 Å². The number of nitrogens with one attached hydrogen (secondary N) is 1. The van der Waals surface area contributed by atoms with Crippen LogP contribution in [0.15, 0.2) is 17.1 Å². The second-order valence-electron chi connectivity index (χ2n) is 3.98.